The van der Waals surface area contributed by atoms with Gasteiger partial charge in [0.1, 0.15) is 0 Å². The normalized spacial score (nSPS) is 11.0. The van der Waals surface area contributed by atoms with Crippen molar-refractivity contribution in [2.24, 2.45) is 5.92 Å². The first kappa shape index (κ1) is 23.3. The van der Waals surface area contributed by atoms with Gasteiger partial charge in [-0.3, -0.25) is 0 Å². The van der Waals surface area contributed by atoms with Crippen LogP contribution >= 0.6 is 0 Å². The third kappa shape index (κ3) is 14.8. The lowest BCUT2D eigenvalue weighted by Crippen LogP contribution is -2.34. The minimum Gasteiger partial charge on any atom is -0.449 e. The number of unbranched alkanes of at least 4 members (excludes halogenated alkanes) is 10. The number of hydrogen-bond donors (Lipinski definition) is 0. The van der Waals surface area contributed by atoms with Gasteiger partial charge in [-0.1, -0.05) is 91.9 Å². The Bertz CT molecular complexity index is 263. The molecule has 0 spiro atoms. The van der Waals surface area contributed by atoms with Crippen LogP contribution in [0.2, 0.25) is 0 Å². The molecule has 144 valence electrons. The van der Waals surface area contributed by atoms with E-state index in [9.17, 15) is 4.79 Å². The van der Waals surface area contributed by atoms with Gasteiger partial charge in [-0.2, -0.15) is 0 Å². The molecule has 0 aromatic carbocycles. The van der Waals surface area contributed by atoms with E-state index in [0.717, 1.165) is 25.9 Å². The van der Waals surface area contributed by atoms with Crippen molar-refractivity contribution in [1.82, 2.24) is 4.90 Å². The van der Waals surface area contributed by atoms with Crippen LogP contribution in [0, 0.1) is 5.92 Å². The van der Waals surface area contributed by atoms with Gasteiger partial charge in [0.2, 0.25) is 0 Å². The number of rotatable bonds is 16. The third-order valence-corrected chi connectivity index (χ3v) is 4.36. The van der Waals surface area contributed by atoms with E-state index in [2.05, 4.69) is 27.7 Å². The van der Waals surface area contributed by atoms with Gasteiger partial charge in [-0.15, -0.1) is 0 Å². The van der Waals surface area contributed by atoms with Crippen LogP contribution in [0.1, 0.15) is 105 Å². The summed E-state index contributed by atoms with van der Waals surface area (Å²) in [6, 6.07) is 0. The molecule has 0 saturated heterocycles. The molecule has 0 aliphatic rings. The maximum Gasteiger partial charge on any atom is 0.409 e. The zero-order chi connectivity index (χ0) is 18.0. The fourth-order valence-electron chi connectivity index (χ4n) is 2.79. The average Bonchev–Trinajstić information content (AvgIpc) is 2.56. The van der Waals surface area contributed by atoms with Crippen LogP contribution in [0.25, 0.3) is 0 Å². The van der Waals surface area contributed by atoms with Gasteiger partial charge < -0.3 is 9.64 Å². The molecule has 0 rings (SSSR count). The molecule has 3 heteroatoms. The van der Waals surface area contributed by atoms with E-state index in [-0.39, 0.29) is 6.09 Å². The smallest absolute Gasteiger partial charge is 0.409 e. The Labute approximate surface area is 151 Å². The average molecular weight is 342 g/mol. The summed E-state index contributed by atoms with van der Waals surface area (Å²) in [6.45, 7) is 10.9. The molecule has 0 aliphatic carbocycles. The maximum atomic E-state index is 12.3. The number of hydrogen-bond acceptors (Lipinski definition) is 2. The Hall–Kier alpha value is -0.730. The quantitative estimate of drug-likeness (QED) is 0.289. The summed E-state index contributed by atoms with van der Waals surface area (Å²) in [5.41, 5.74) is 0. The summed E-state index contributed by atoms with van der Waals surface area (Å²) in [5.74, 6) is 0.402. The Balaban J connectivity index is 4.01. The molecule has 0 aromatic rings. The van der Waals surface area contributed by atoms with Crippen molar-refractivity contribution in [3.8, 4) is 0 Å². The van der Waals surface area contributed by atoms with E-state index >= 15 is 0 Å². The molecule has 1 amide bonds. The summed E-state index contributed by atoms with van der Waals surface area (Å²) in [6.07, 6.45) is 15.0. The van der Waals surface area contributed by atoms with E-state index < -0.39 is 0 Å². The molecule has 0 radical (unpaired) electrons. The molecule has 3 nitrogen and oxygen atoms in total. The monoisotopic (exact) mass is 341 g/mol. The standard InChI is InChI=1S/C21H43NO2/c1-5-7-9-11-13-15-17-22(21(23)24-19-20(3)4)18-16-14-12-10-8-6-2/h20H,5-19H2,1-4H3. The molecule has 0 saturated carbocycles. The minimum absolute atomic E-state index is 0.106. The second kappa shape index (κ2) is 17.1. The van der Waals surface area contributed by atoms with Crippen molar-refractivity contribution in [3.63, 3.8) is 0 Å². The second-order valence-corrected chi connectivity index (χ2v) is 7.49. The summed E-state index contributed by atoms with van der Waals surface area (Å²) in [7, 11) is 0. The first-order chi connectivity index (χ1) is 11.6. The Morgan fingerprint density at radius 1 is 0.750 bits per heavy atom. The van der Waals surface area contributed by atoms with E-state index in [4.69, 9.17) is 4.74 Å². The van der Waals surface area contributed by atoms with E-state index in [1.807, 2.05) is 4.90 Å². The van der Waals surface area contributed by atoms with Crippen molar-refractivity contribution in [3.05, 3.63) is 0 Å². The molecule has 0 fully saturated rings. The predicted octanol–water partition coefficient (Wildman–Crippen LogP) is 6.80. The lowest BCUT2D eigenvalue weighted by molar-refractivity contribution is 0.0906. The summed E-state index contributed by atoms with van der Waals surface area (Å²) < 4.78 is 5.44. The molecule has 0 aromatic heterocycles. The van der Waals surface area contributed by atoms with Crippen LogP contribution in [0.5, 0.6) is 0 Å². The molecule has 0 N–H and O–H groups in total. The van der Waals surface area contributed by atoms with Crippen molar-refractivity contribution in [2.45, 2.75) is 105 Å². The van der Waals surface area contributed by atoms with Gasteiger partial charge in [-0.25, -0.2) is 4.79 Å². The fourth-order valence-corrected chi connectivity index (χ4v) is 2.79. The maximum absolute atomic E-state index is 12.3. The van der Waals surface area contributed by atoms with Crippen molar-refractivity contribution in [1.29, 1.82) is 0 Å². The molecule has 0 atom stereocenters. The number of nitrogens with zero attached hydrogens (tertiary/aromatic N) is 1. The SMILES string of the molecule is CCCCCCCCN(CCCCCCCC)C(=O)OCC(C)C. The van der Waals surface area contributed by atoms with E-state index in [0.29, 0.717) is 12.5 Å². The second-order valence-electron chi connectivity index (χ2n) is 7.49. The Kier molecular flexibility index (Phi) is 16.6. The van der Waals surface area contributed by atoms with Crippen LogP contribution < -0.4 is 0 Å². The highest BCUT2D eigenvalue weighted by molar-refractivity contribution is 5.67. The molecule has 24 heavy (non-hydrogen) atoms. The lowest BCUT2D eigenvalue weighted by Gasteiger charge is -2.23. The molecule has 0 heterocycles. The Morgan fingerprint density at radius 3 is 1.58 bits per heavy atom. The molecule has 0 unspecified atom stereocenters. The highest BCUT2D eigenvalue weighted by Crippen LogP contribution is 2.10. The summed E-state index contributed by atoms with van der Waals surface area (Å²) in [4.78, 5) is 14.2. The van der Waals surface area contributed by atoms with E-state index in [1.165, 1.54) is 64.2 Å². The van der Waals surface area contributed by atoms with Gasteiger partial charge >= 0.3 is 6.09 Å². The van der Waals surface area contributed by atoms with Crippen molar-refractivity contribution in [2.75, 3.05) is 19.7 Å². The highest BCUT2D eigenvalue weighted by atomic mass is 16.6. The van der Waals surface area contributed by atoms with Gasteiger partial charge in [-0.05, 0) is 18.8 Å². The number of amides is 1. The lowest BCUT2D eigenvalue weighted by atomic mass is 10.1. The predicted molar refractivity (Wildman–Crippen MR) is 105 cm³/mol. The minimum atomic E-state index is -0.106. The molecular formula is C21H43NO2. The van der Waals surface area contributed by atoms with Crippen molar-refractivity contribution < 1.29 is 9.53 Å². The van der Waals surface area contributed by atoms with Gasteiger partial charge in [0, 0.05) is 13.1 Å². The fraction of sp³-hybridized carbons (Fsp3) is 0.952. The topological polar surface area (TPSA) is 29.5 Å². The third-order valence-electron chi connectivity index (χ3n) is 4.36. The van der Waals surface area contributed by atoms with Crippen LogP contribution in [0.4, 0.5) is 4.79 Å². The van der Waals surface area contributed by atoms with Crippen LogP contribution in [-0.4, -0.2) is 30.7 Å². The first-order valence-corrected chi connectivity index (χ1v) is 10.5. The zero-order valence-corrected chi connectivity index (χ0v) is 16.9. The van der Waals surface area contributed by atoms with Gasteiger partial charge in [0.15, 0.2) is 0 Å². The Morgan fingerprint density at radius 2 is 1.17 bits per heavy atom. The van der Waals surface area contributed by atoms with Crippen LogP contribution in [-0.2, 0) is 4.74 Å². The first-order valence-electron chi connectivity index (χ1n) is 10.5. The van der Waals surface area contributed by atoms with Gasteiger partial charge in [0.25, 0.3) is 0 Å². The largest absolute Gasteiger partial charge is 0.449 e. The van der Waals surface area contributed by atoms with Crippen LogP contribution in [0.3, 0.4) is 0 Å². The molecule has 0 aliphatic heterocycles. The van der Waals surface area contributed by atoms with Gasteiger partial charge in [0.05, 0.1) is 6.61 Å². The highest BCUT2D eigenvalue weighted by Gasteiger charge is 2.14. The number of carbonyl (C=O) groups is 1. The van der Waals surface area contributed by atoms with Crippen molar-refractivity contribution >= 4 is 6.09 Å². The number of ether oxygens (including phenoxy) is 1. The zero-order valence-electron chi connectivity index (χ0n) is 16.9. The number of carbonyl (C=O) groups excluding carboxylic acids is 1. The molecule has 0 bridgehead atoms. The van der Waals surface area contributed by atoms with Crippen LogP contribution in [0.15, 0.2) is 0 Å². The summed E-state index contributed by atoms with van der Waals surface area (Å²) in [5, 5.41) is 0. The van der Waals surface area contributed by atoms with E-state index in [1.54, 1.807) is 0 Å². The summed E-state index contributed by atoms with van der Waals surface area (Å²) >= 11 is 0. The molecular weight excluding hydrogens is 298 g/mol.